The zero-order valence-corrected chi connectivity index (χ0v) is 13.5. The van der Waals surface area contributed by atoms with E-state index in [9.17, 15) is 14.7 Å². The Bertz CT molecular complexity index is 590. The topological polar surface area (TPSA) is 66.8 Å². The fourth-order valence-corrected chi connectivity index (χ4v) is 3.16. The van der Waals surface area contributed by atoms with E-state index in [1.54, 1.807) is 23.1 Å². The number of methoxy groups -OCH3 is 1. The van der Waals surface area contributed by atoms with Crippen molar-refractivity contribution >= 4 is 23.5 Å². The van der Waals surface area contributed by atoms with Gasteiger partial charge in [0, 0.05) is 18.7 Å². The zero-order chi connectivity index (χ0) is 16.3. The Morgan fingerprint density at radius 1 is 1.45 bits per heavy atom. The van der Waals surface area contributed by atoms with Crippen LogP contribution in [-0.4, -0.2) is 42.1 Å². The molecule has 120 valence electrons. The highest BCUT2D eigenvalue weighted by Crippen LogP contribution is 2.34. The van der Waals surface area contributed by atoms with Crippen LogP contribution >= 0.6 is 11.6 Å². The number of carboxylic acid groups (broad SMARTS) is 1. The van der Waals surface area contributed by atoms with E-state index in [0.717, 1.165) is 0 Å². The molecule has 0 bridgehead atoms. The van der Waals surface area contributed by atoms with Gasteiger partial charge in [-0.05, 0) is 37.5 Å². The van der Waals surface area contributed by atoms with E-state index in [1.807, 2.05) is 6.92 Å². The van der Waals surface area contributed by atoms with Gasteiger partial charge in [0.2, 0.25) is 0 Å². The molecule has 1 N–H and O–H groups in total. The van der Waals surface area contributed by atoms with Gasteiger partial charge in [-0.15, -0.1) is 0 Å². The first-order valence-electron chi connectivity index (χ1n) is 7.30. The summed E-state index contributed by atoms with van der Waals surface area (Å²) in [5.41, 5.74) is -0.396. The molecule has 0 saturated carbocycles. The lowest BCUT2D eigenvalue weighted by molar-refractivity contribution is -0.152. The first-order chi connectivity index (χ1) is 10.4. The molecule has 0 aliphatic carbocycles. The van der Waals surface area contributed by atoms with Gasteiger partial charge in [0.1, 0.15) is 5.75 Å². The largest absolute Gasteiger partial charge is 0.495 e. The van der Waals surface area contributed by atoms with Crippen LogP contribution in [0.2, 0.25) is 5.02 Å². The third-order valence-electron chi connectivity index (χ3n) is 4.39. The number of hydrogen-bond acceptors (Lipinski definition) is 3. The van der Waals surface area contributed by atoms with Crippen molar-refractivity contribution in [1.29, 1.82) is 0 Å². The number of nitrogens with zero attached hydrogens (tertiary/aromatic N) is 1. The van der Waals surface area contributed by atoms with Gasteiger partial charge in [-0.3, -0.25) is 9.59 Å². The van der Waals surface area contributed by atoms with Gasteiger partial charge in [-0.25, -0.2) is 0 Å². The predicted octanol–water partition coefficient (Wildman–Crippen LogP) is 3.07. The second-order valence-corrected chi connectivity index (χ2v) is 6.03. The highest BCUT2D eigenvalue weighted by atomic mass is 35.5. The molecule has 1 aliphatic rings. The quantitative estimate of drug-likeness (QED) is 0.923. The molecule has 1 aromatic carbocycles. The lowest BCUT2D eigenvalue weighted by atomic mass is 9.77. The summed E-state index contributed by atoms with van der Waals surface area (Å²) in [7, 11) is 1.51. The number of hydrogen-bond donors (Lipinski definition) is 1. The highest BCUT2D eigenvalue weighted by Gasteiger charge is 2.42. The maximum atomic E-state index is 12.6. The van der Waals surface area contributed by atoms with E-state index in [2.05, 4.69) is 0 Å². The van der Waals surface area contributed by atoms with Crippen LogP contribution in [0.3, 0.4) is 0 Å². The summed E-state index contributed by atoms with van der Waals surface area (Å²) in [6, 6.07) is 4.85. The van der Waals surface area contributed by atoms with Crippen molar-refractivity contribution in [3.8, 4) is 5.75 Å². The standard InChI is InChI=1S/C16H20ClNO4/c1-3-16(15(20)21)7-4-8-18(10-16)14(19)11-5-6-13(22-2)12(17)9-11/h5-6,9H,3-4,7-8,10H2,1-2H3,(H,20,21). The van der Waals surface area contributed by atoms with Gasteiger partial charge < -0.3 is 14.7 Å². The number of benzene rings is 1. The third-order valence-corrected chi connectivity index (χ3v) is 4.69. The summed E-state index contributed by atoms with van der Waals surface area (Å²) in [6.45, 7) is 2.66. The van der Waals surface area contributed by atoms with Crippen LogP contribution in [0.15, 0.2) is 18.2 Å². The Labute approximate surface area is 134 Å². The summed E-state index contributed by atoms with van der Waals surface area (Å²) in [5, 5.41) is 9.86. The van der Waals surface area contributed by atoms with Crippen molar-refractivity contribution in [2.75, 3.05) is 20.2 Å². The number of carbonyl (C=O) groups is 2. The SMILES string of the molecule is CCC1(C(=O)O)CCCN(C(=O)c2ccc(OC)c(Cl)c2)C1. The monoisotopic (exact) mass is 325 g/mol. The van der Waals surface area contributed by atoms with Crippen LogP contribution in [0.25, 0.3) is 0 Å². The van der Waals surface area contributed by atoms with Crippen LogP contribution in [0.4, 0.5) is 0 Å². The van der Waals surface area contributed by atoms with Gasteiger partial charge in [-0.1, -0.05) is 18.5 Å². The first kappa shape index (κ1) is 16.6. The average molecular weight is 326 g/mol. The number of piperidine rings is 1. The number of carbonyl (C=O) groups excluding carboxylic acids is 1. The normalized spacial score (nSPS) is 21.5. The third kappa shape index (κ3) is 3.04. The molecule has 1 unspecified atom stereocenters. The van der Waals surface area contributed by atoms with Crippen LogP contribution in [0, 0.1) is 5.41 Å². The lowest BCUT2D eigenvalue weighted by Gasteiger charge is -2.39. The van der Waals surface area contributed by atoms with E-state index in [0.29, 0.717) is 42.1 Å². The van der Waals surface area contributed by atoms with E-state index in [4.69, 9.17) is 16.3 Å². The Hall–Kier alpha value is -1.75. The maximum Gasteiger partial charge on any atom is 0.311 e. The van der Waals surface area contributed by atoms with Crippen LogP contribution in [0.1, 0.15) is 36.5 Å². The molecule has 1 aromatic rings. The molecule has 5 nitrogen and oxygen atoms in total. The number of carboxylic acids is 1. The zero-order valence-electron chi connectivity index (χ0n) is 12.8. The van der Waals surface area contributed by atoms with Gasteiger partial charge in [0.15, 0.2) is 0 Å². The van der Waals surface area contributed by atoms with Gasteiger partial charge in [0.25, 0.3) is 5.91 Å². The van der Waals surface area contributed by atoms with Crippen LogP contribution < -0.4 is 4.74 Å². The smallest absolute Gasteiger partial charge is 0.311 e. The molecule has 1 fully saturated rings. The number of halogens is 1. The van der Waals surface area contributed by atoms with Crippen LogP contribution in [0.5, 0.6) is 5.75 Å². The molecule has 0 aromatic heterocycles. The summed E-state index contributed by atoms with van der Waals surface area (Å²) < 4.78 is 5.07. The summed E-state index contributed by atoms with van der Waals surface area (Å²) in [6.07, 6.45) is 1.80. The van der Waals surface area contributed by atoms with E-state index in [1.165, 1.54) is 7.11 Å². The van der Waals surface area contributed by atoms with Crippen molar-refractivity contribution in [3.05, 3.63) is 28.8 Å². The first-order valence-corrected chi connectivity index (χ1v) is 7.67. The minimum atomic E-state index is -0.843. The molecule has 6 heteroatoms. The number of likely N-dealkylation sites (tertiary alicyclic amines) is 1. The van der Waals surface area contributed by atoms with Crippen molar-refractivity contribution in [3.63, 3.8) is 0 Å². The predicted molar refractivity (Wildman–Crippen MR) is 83.5 cm³/mol. The average Bonchev–Trinajstić information content (AvgIpc) is 2.53. The van der Waals surface area contributed by atoms with Gasteiger partial charge >= 0.3 is 5.97 Å². The second kappa shape index (κ2) is 6.57. The molecule has 0 radical (unpaired) electrons. The number of aliphatic carboxylic acids is 1. The Kier molecular flexibility index (Phi) is 4.96. The number of amides is 1. The molecular weight excluding hydrogens is 306 g/mol. The summed E-state index contributed by atoms with van der Waals surface area (Å²) >= 11 is 6.06. The van der Waals surface area contributed by atoms with Crippen molar-refractivity contribution in [1.82, 2.24) is 4.90 Å². The van der Waals surface area contributed by atoms with Crippen LogP contribution in [-0.2, 0) is 4.79 Å². The minimum Gasteiger partial charge on any atom is -0.495 e. The molecule has 22 heavy (non-hydrogen) atoms. The molecule has 0 spiro atoms. The van der Waals surface area contributed by atoms with Crippen molar-refractivity contribution < 1.29 is 19.4 Å². The number of rotatable bonds is 4. The Balaban J connectivity index is 2.22. The maximum absolute atomic E-state index is 12.6. The van der Waals surface area contributed by atoms with Crippen molar-refractivity contribution in [2.24, 2.45) is 5.41 Å². The summed E-state index contributed by atoms with van der Waals surface area (Å²) in [4.78, 5) is 25.8. The lowest BCUT2D eigenvalue weighted by Crippen LogP contribution is -2.49. The molecule has 1 aliphatic heterocycles. The molecule has 1 amide bonds. The molecule has 1 saturated heterocycles. The van der Waals surface area contributed by atoms with Crippen molar-refractivity contribution in [2.45, 2.75) is 26.2 Å². The molecule has 1 atom stereocenters. The Morgan fingerprint density at radius 3 is 2.73 bits per heavy atom. The molecule has 2 rings (SSSR count). The van der Waals surface area contributed by atoms with E-state index < -0.39 is 11.4 Å². The minimum absolute atomic E-state index is 0.191. The fourth-order valence-electron chi connectivity index (χ4n) is 2.90. The van der Waals surface area contributed by atoms with Gasteiger partial charge in [-0.2, -0.15) is 0 Å². The molecular formula is C16H20ClNO4. The van der Waals surface area contributed by atoms with E-state index >= 15 is 0 Å². The second-order valence-electron chi connectivity index (χ2n) is 5.62. The Morgan fingerprint density at radius 2 is 2.18 bits per heavy atom. The van der Waals surface area contributed by atoms with Gasteiger partial charge in [0.05, 0.1) is 17.5 Å². The summed E-state index contributed by atoms with van der Waals surface area (Å²) in [5.74, 6) is -0.520. The highest BCUT2D eigenvalue weighted by molar-refractivity contribution is 6.32. The fraction of sp³-hybridized carbons (Fsp3) is 0.500. The number of ether oxygens (including phenoxy) is 1. The van der Waals surface area contributed by atoms with E-state index in [-0.39, 0.29) is 12.5 Å². The molecule has 1 heterocycles.